The highest BCUT2D eigenvalue weighted by atomic mass is 32.2. The van der Waals surface area contributed by atoms with Gasteiger partial charge >= 0.3 is 0 Å². The fourth-order valence-corrected chi connectivity index (χ4v) is 4.86. The molecule has 3 rings (SSSR count). The Labute approximate surface area is 165 Å². The standard InChI is InChI=1S/C21H23N3O3S/c1-14-12-15(2)21(16(3)13-14)28(26,27)23-11-9-19(25)24-18-8-4-6-17-7-5-10-22-20(17)18/h4-8,10,12-13,23H,9,11H2,1-3H3,(H,24,25). The number of aromatic nitrogens is 1. The molecule has 146 valence electrons. The highest BCUT2D eigenvalue weighted by molar-refractivity contribution is 7.89. The number of hydrogen-bond donors (Lipinski definition) is 2. The van der Waals surface area contributed by atoms with E-state index in [9.17, 15) is 13.2 Å². The number of nitrogens with one attached hydrogen (secondary N) is 2. The zero-order valence-electron chi connectivity index (χ0n) is 16.1. The van der Waals surface area contributed by atoms with Gasteiger partial charge in [0, 0.05) is 24.5 Å². The van der Waals surface area contributed by atoms with Crippen LogP contribution in [0.15, 0.2) is 53.6 Å². The van der Waals surface area contributed by atoms with Crippen molar-refractivity contribution in [1.82, 2.24) is 9.71 Å². The second kappa shape index (κ2) is 8.08. The van der Waals surface area contributed by atoms with Crippen LogP contribution in [0.4, 0.5) is 5.69 Å². The van der Waals surface area contributed by atoms with Gasteiger partial charge in [-0.3, -0.25) is 9.78 Å². The lowest BCUT2D eigenvalue weighted by Gasteiger charge is -2.13. The van der Waals surface area contributed by atoms with Crippen LogP contribution >= 0.6 is 0 Å². The number of amides is 1. The van der Waals surface area contributed by atoms with Crippen LogP contribution in [0.2, 0.25) is 0 Å². The van der Waals surface area contributed by atoms with Crippen molar-refractivity contribution in [2.24, 2.45) is 0 Å². The third-order valence-electron chi connectivity index (χ3n) is 4.42. The summed E-state index contributed by atoms with van der Waals surface area (Å²) in [5.74, 6) is -0.279. The van der Waals surface area contributed by atoms with Crippen LogP contribution in [0.3, 0.4) is 0 Å². The molecule has 28 heavy (non-hydrogen) atoms. The SMILES string of the molecule is Cc1cc(C)c(S(=O)(=O)NCCC(=O)Nc2cccc3cccnc23)c(C)c1. The number of rotatable bonds is 6. The van der Waals surface area contributed by atoms with Crippen molar-refractivity contribution in [3.8, 4) is 0 Å². The van der Waals surface area contributed by atoms with E-state index in [0.29, 0.717) is 22.3 Å². The number of carbonyl (C=O) groups excluding carboxylic acids is 1. The first-order valence-corrected chi connectivity index (χ1v) is 10.5. The Morgan fingerprint density at radius 3 is 2.43 bits per heavy atom. The van der Waals surface area contributed by atoms with Crippen molar-refractivity contribution in [1.29, 1.82) is 0 Å². The maximum Gasteiger partial charge on any atom is 0.241 e. The van der Waals surface area contributed by atoms with Crippen molar-refractivity contribution in [3.05, 3.63) is 65.4 Å². The minimum Gasteiger partial charge on any atom is -0.324 e. The van der Waals surface area contributed by atoms with Gasteiger partial charge in [0.15, 0.2) is 0 Å². The number of sulfonamides is 1. The summed E-state index contributed by atoms with van der Waals surface area (Å²) in [5.41, 5.74) is 3.70. The first-order chi connectivity index (χ1) is 13.3. The highest BCUT2D eigenvalue weighted by Gasteiger charge is 2.20. The zero-order valence-corrected chi connectivity index (χ0v) is 16.9. The average Bonchev–Trinajstić information content (AvgIpc) is 2.60. The van der Waals surface area contributed by atoms with Gasteiger partial charge in [-0.25, -0.2) is 13.1 Å². The Kier molecular flexibility index (Phi) is 5.76. The number of fused-ring (bicyclic) bond motifs is 1. The van der Waals surface area contributed by atoms with Crippen molar-refractivity contribution in [3.63, 3.8) is 0 Å². The predicted molar refractivity (Wildman–Crippen MR) is 111 cm³/mol. The molecule has 2 N–H and O–H groups in total. The molecule has 0 fully saturated rings. The van der Waals surface area contributed by atoms with Gasteiger partial charge in [0.05, 0.1) is 16.1 Å². The van der Waals surface area contributed by atoms with E-state index < -0.39 is 10.0 Å². The number of pyridine rings is 1. The summed E-state index contributed by atoms with van der Waals surface area (Å²) in [5, 5.41) is 3.73. The molecule has 0 saturated carbocycles. The molecule has 0 unspecified atom stereocenters. The molecule has 6 nitrogen and oxygen atoms in total. The molecular formula is C21H23N3O3S. The Bertz CT molecular complexity index is 1110. The molecule has 0 atom stereocenters. The minimum atomic E-state index is -3.68. The predicted octanol–water partition coefficient (Wildman–Crippen LogP) is 3.47. The molecule has 1 heterocycles. The summed E-state index contributed by atoms with van der Waals surface area (Å²) >= 11 is 0. The van der Waals surface area contributed by atoms with E-state index in [1.54, 1.807) is 26.1 Å². The monoisotopic (exact) mass is 397 g/mol. The fraction of sp³-hybridized carbons (Fsp3) is 0.238. The lowest BCUT2D eigenvalue weighted by molar-refractivity contribution is -0.116. The van der Waals surface area contributed by atoms with Crippen molar-refractivity contribution in [2.45, 2.75) is 32.1 Å². The van der Waals surface area contributed by atoms with Crippen molar-refractivity contribution < 1.29 is 13.2 Å². The summed E-state index contributed by atoms with van der Waals surface area (Å²) in [6, 6.07) is 12.9. The van der Waals surface area contributed by atoms with Gasteiger partial charge in [-0.15, -0.1) is 0 Å². The van der Waals surface area contributed by atoms with E-state index in [1.807, 2.05) is 43.3 Å². The van der Waals surface area contributed by atoms with Gasteiger partial charge in [0.25, 0.3) is 0 Å². The molecule has 1 amide bonds. The second-order valence-electron chi connectivity index (χ2n) is 6.80. The van der Waals surface area contributed by atoms with E-state index in [4.69, 9.17) is 0 Å². The van der Waals surface area contributed by atoms with Crippen LogP contribution in [-0.2, 0) is 14.8 Å². The quantitative estimate of drug-likeness (QED) is 0.667. The number of aryl methyl sites for hydroxylation is 3. The van der Waals surface area contributed by atoms with Crippen LogP contribution < -0.4 is 10.0 Å². The lowest BCUT2D eigenvalue weighted by Crippen LogP contribution is -2.29. The number of benzene rings is 2. The molecule has 0 radical (unpaired) electrons. The number of carbonyl (C=O) groups is 1. The van der Waals surface area contributed by atoms with Crippen LogP contribution in [0.5, 0.6) is 0 Å². The van der Waals surface area contributed by atoms with E-state index in [0.717, 1.165) is 10.9 Å². The number of anilines is 1. The molecule has 0 aliphatic carbocycles. The number of para-hydroxylation sites is 1. The smallest absolute Gasteiger partial charge is 0.241 e. The van der Waals surface area contributed by atoms with E-state index >= 15 is 0 Å². The third kappa shape index (κ3) is 4.37. The molecule has 0 aliphatic heterocycles. The van der Waals surface area contributed by atoms with Gasteiger partial charge in [0.2, 0.25) is 15.9 Å². The van der Waals surface area contributed by atoms with Crippen LogP contribution in [0.25, 0.3) is 10.9 Å². The molecule has 0 spiro atoms. The second-order valence-corrected chi connectivity index (χ2v) is 8.51. The Balaban J connectivity index is 1.65. The summed E-state index contributed by atoms with van der Waals surface area (Å²) < 4.78 is 27.8. The summed E-state index contributed by atoms with van der Waals surface area (Å²) in [4.78, 5) is 16.9. The summed E-state index contributed by atoms with van der Waals surface area (Å²) in [7, 11) is -3.68. The van der Waals surface area contributed by atoms with Crippen molar-refractivity contribution in [2.75, 3.05) is 11.9 Å². The first-order valence-electron chi connectivity index (χ1n) is 8.99. The molecule has 0 bridgehead atoms. The van der Waals surface area contributed by atoms with Gasteiger partial charge < -0.3 is 5.32 Å². The third-order valence-corrected chi connectivity index (χ3v) is 6.19. The summed E-state index contributed by atoms with van der Waals surface area (Å²) in [6.07, 6.45) is 1.69. The maximum absolute atomic E-state index is 12.6. The van der Waals surface area contributed by atoms with Crippen LogP contribution in [0.1, 0.15) is 23.1 Å². The zero-order chi connectivity index (χ0) is 20.3. The average molecular weight is 398 g/mol. The minimum absolute atomic E-state index is 0.0130. The summed E-state index contributed by atoms with van der Waals surface area (Å²) in [6.45, 7) is 5.49. The number of hydrogen-bond acceptors (Lipinski definition) is 4. The molecular weight excluding hydrogens is 374 g/mol. The van der Waals surface area contributed by atoms with E-state index in [1.165, 1.54) is 0 Å². The van der Waals surface area contributed by atoms with Gasteiger partial charge in [0.1, 0.15) is 0 Å². The molecule has 2 aromatic carbocycles. The highest BCUT2D eigenvalue weighted by Crippen LogP contribution is 2.22. The Morgan fingerprint density at radius 1 is 1.04 bits per heavy atom. The molecule has 0 aliphatic rings. The van der Waals surface area contributed by atoms with E-state index in [2.05, 4.69) is 15.0 Å². The molecule has 1 aromatic heterocycles. The molecule has 3 aromatic rings. The Hall–Kier alpha value is -2.77. The number of nitrogens with zero attached hydrogens (tertiary/aromatic N) is 1. The topological polar surface area (TPSA) is 88.2 Å². The first kappa shape index (κ1) is 20.0. The maximum atomic E-state index is 12.6. The lowest BCUT2D eigenvalue weighted by atomic mass is 10.1. The largest absolute Gasteiger partial charge is 0.324 e. The Morgan fingerprint density at radius 2 is 1.71 bits per heavy atom. The van der Waals surface area contributed by atoms with Gasteiger partial charge in [-0.1, -0.05) is 35.9 Å². The van der Waals surface area contributed by atoms with E-state index in [-0.39, 0.29) is 23.8 Å². The molecule has 0 saturated heterocycles. The normalized spacial score (nSPS) is 11.5. The van der Waals surface area contributed by atoms with Crippen LogP contribution in [-0.4, -0.2) is 25.9 Å². The van der Waals surface area contributed by atoms with Crippen LogP contribution in [0, 0.1) is 20.8 Å². The van der Waals surface area contributed by atoms with Gasteiger partial charge in [-0.2, -0.15) is 0 Å². The fourth-order valence-electron chi connectivity index (χ4n) is 3.38. The van der Waals surface area contributed by atoms with Gasteiger partial charge in [-0.05, 0) is 44.0 Å². The van der Waals surface area contributed by atoms with Crippen molar-refractivity contribution >= 4 is 32.5 Å². The molecule has 7 heteroatoms.